The summed E-state index contributed by atoms with van der Waals surface area (Å²) in [4.78, 5) is 15.4. The van der Waals surface area contributed by atoms with Crippen molar-refractivity contribution in [2.75, 3.05) is 0 Å². The Labute approximate surface area is 110 Å². The molecule has 4 nitrogen and oxygen atoms in total. The van der Waals surface area contributed by atoms with E-state index in [-0.39, 0.29) is 5.56 Å². The van der Waals surface area contributed by atoms with Crippen LogP contribution in [0.15, 0.2) is 47.4 Å². The van der Waals surface area contributed by atoms with Gasteiger partial charge in [-0.2, -0.15) is 9.61 Å². The molecule has 0 radical (unpaired) electrons. The molecule has 1 aromatic carbocycles. The van der Waals surface area contributed by atoms with Crippen LogP contribution in [0, 0.1) is 0 Å². The molecule has 0 aliphatic carbocycles. The zero-order valence-corrected chi connectivity index (χ0v) is 10.9. The predicted octanol–water partition coefficient (Wildman–Crippen LogP) is 2.81. The summed E-state index contributed by atoms with van der Waals surface area (Å²) in [5.74, 6) is 0.319. The van der Waals surface area contributed by atoms with Crippen molar-refractivity contribution >= 4 is 5.65 Å². The van der Waals surface area contributed by atoms with E-state index in [1.54, 1.807) is 12.3 Å². The van der Waals surface area contributed by atoms with Crippen molar-refractivity contribution in [2.45, 2.75) is 19.8 Å². The highest BCUT2D eigenvalue weighted by Gasteiger charge is 2.11. The summed E-state index contributed by atoms with van der Waals surface area (Å²) in [6.45, 7) is 4.18. The van der Waals surface area contributed by atoms with Crippen molar-refractivity contribution in [3.8, 4) is 11.3 Å². The van der Waals surface area contributed by atoms with Crippen LogP contribution in [-0.2, 0) is 0 Å². The minimum absolute atomic E-state index is 0.112. The molecule has 0 fully saturated rings. The minimum atomic E-state index is -0.112. The van der Waals surface area contributed by atoms with E-state index in [4.69, 9.17) is 0 Å². The Morgan fingerprint density at radius 1 is 1.21 bits per heavy atom. The van der Waals surface area contributed by atoms with Gasteiger partial charge in [-0.1, -0.05) is 44.2 Å². The van der Waals surface area contributed by atoms with Gasteiger partial charge < -0.3 is 4.98 Å². The van der Waals surface area contributed by atoms with Gasteiger partial charge in [0.25, 0.3) is 5.56 Å². The van der Waals surface area contributed by atoms with Crippen molar-refractivity contribution < 1.29 is 0 Å². The first kappa shape index (κ1) is 11.7. The van der Waals surface area contributed by atoms with Gasteiger partial charge in [0.05, 0.1) is 11.9 Å². The van der Waals surface area contributed by atoms with Crippen LogP contribution < -0.4 is 5.56 Å². The maximum absolute atomic E-state index is 12.1. The Kier molecular flexibility index (Phi) is 2.71. The molecule has 2 aromatic heterocycles. The second kappa shape index (κ2) is 4.39. The van der Waals surface area contributed by atoms with Crippen molar-refractivity contribution in [1.29, 1.82) is 0 Å². The van der Waals surface area contributed by atoms with Gasteiger partial charge in [0, 0.05) is 11.6 Å². The van der Waals surface area contributed by atoms with Crippen molar-refractivity contribution in [1.82, 2.24) is 14.6 Å². The average Bonchev–Trinajstić information content (AvgIpc) is 2.84. The van der Waals surface area contributed by atoms with Crippen LogP contribution in [0.4, 0.5) is 0 Å². The second-order valence-corrected chi connectivity index (χ2v) is 4.90. The molecule has 19 heavy (non-hydrogen) atoms. The molecule has 0 amide bonds. The van der Waals surface area contributed by atoms with Crippen LogP contribution in [0.1, 0.15) is 25.3 Å². The maximum atomic E-state index is 12.1. The molecule has 0 bridgehead atoms. The van der Waals surface area contributed by atoms with Crippen LogP contribution in [-0.4, -0.2) is 14.6 Å². The number of nitrogens with one attached hydrogen (secondary N) is 1. The Balaban J connectivity index is 2.29. The van der Waals surface area contributed by atoms with Crippen molar-refractivity contribution in [3.05, 3.63) is 58.5 Å². The molecule has 2 heterocycles. The quantitative estimate of drug-likeness (QED) is 0.763. The fourth-order valence-electron chi connectivity index (χ4n) is 2.20. The lowest BCUT2D eigenvalue weighted by Crippen LogP contribution is -2.14. The number of aromatic amines is 1. The number of hydrogen-bond donors (Lipinski definition) is 1. The molecular weight excluding hydrogens is 238 g/mol. The van der Waals surface area contributed by atoms with Gasteiger partial charge >= 0.3 is 0 Å². The van der Waals surface area contributed by atoms with E-state index in [0.29, 0.717) is 5.92 Å². The Morgan fingerprint density at radius 2 is 1.95 bits per heavy atom. The maximum Gasteiger partial charge on any atom is 0.274 e. The zero-order chi connectivity index (χ0) is 13.4. The van der Waals surface area contributed by atoms with Gasteiger partial charge in [0.1, 0.15) is 5.65 Å². The average molecular weight is 253 g/mol. The highest BCUT2D eigenvalue weighted by Crippen LogP contribution is 2.20. The largest absolute Gasteiger partial charge is 0.339 e. The van der Waals surface area contributed by atoms with Crippen molar-refractivity contribution in [3.63, 3.8) is 0 Å². The summed E-state index contributed by atoms with van der Waals surface area (Å²) in [7, 11) is 0. The molecule has 0 spiro atoms. The molecule has 3 rings (SSSR count). The van der Waals surface area contributed by atoms with Gasteiger partial charge in [0.15, 0.2) is 0 Å². The van der Waals surface area contributed by atoms with E-state index in [0.717, 1.165) is 22.5 Å². The van der Waals surface area contributed by atoms with Crippen molar-refractivity contribution in [2.24, 2.45) is 0 Å². The number of nitrogens with zero attached hydrogens (tertiary/aromatic N) is 2. The Hall–Kier alpha value is -2.36. The lowest BCUT2D eigenvalue weighted by atomic mass is 10.1. The summed E-state index contributed by atoms with van der Waals surface area (Å²) < 4.78 is 1.42. The van der Waals surface area contributed by atoms with E-state index in [2.05, 4.69) is 23.9 Å². The monoisotopic (exact) mass is 253 g/mol. The van der Waals surface area contributed by atoms with E-state index < -0.39 is 0 Å². The lowest BCUT2D eigenvalue weighted by Gasteiger charge is -2.05. The second-order valence-electron chi connectivity index (χ2n) is 4.90. The SMILES string of the molecule is CC(C)c1cnn2c(=O)cc(-c3ccccc3)[nH]c12. The molecule has 0 saturated carbocycles. The van der Waals surface area contributed by atoms with Crippen LogP contribution in [0.3, 0.4) is 0 Å². The first-order chi connectivity index (χ1) is 9.16. The standard InChI is InChI=1S/C15H15N3O/c1-10(2)12-9-16-18-14(19)8-13(17-15(12)18)11-6-4-3-5-7-11/h3-10,17H,1-2H3. The lowest BCUT2D eigenvalue weighted by molar-refractivity contribution is 0.870. The number of rotatable bonds is 2. The minimum Gasteiger partial charge on any atom is -0.339 e. The molecular formula is C15H15N3O. The third kappa shape index (κ3) is 1.95. The molecule has 0 aliphatic rings. The molecule has 1 N–H and O–H groups in total. The van der Waals surface area contributed by atoms with Gasteiger partial charge in [-0.15, -0.1) is 0 Å². The summed E-state index contributed by atoms with van der Waals surface area (Å²) >= 11 is 0. The number of hydrogen-bond acceptors (Lipinski definition) is 2. The summed E-state index contributed by atoms with van der Waals surface area (Å²) in [6, 6.07) is 11.4. The first-order valence-electron chi connectivity index (χ1n) is 6.33. The summed E-state index contributed by atoms with van der Waals surface area (Å²) in [5.41, 5.74) is 3.54. The first-order valence-corrected chi connectivity index (χ1v) is 6.33. The molecule has 0 saturated heterocycles. The zero-order valence-electron chi connectivity index (χ0n) is 10.9. The predicted molar refractivity (Wildman–Crippen MR) is 75.3 cm³/mol. The molecule has 0 aliphatic heterocycles. The number of H-pyrrole nitrogens is 1. The normalized spacial score (nSPS) is 11.3. The van der Waals surface area contributed by atoms with Crippen LogP contribution >= 0.6 is 0 Å². The van der Waals surface area contributed by atoms with Gasteiger partial charge in [-0.05, 0) is 11.5 Å². The van der Waals surface area contributed by atoms with Crippen LogP contribution in [0.2, 0.25) is 0 Å². The fraction of sp³-hybridized carbons (Fsp3) is 0.200. The fourth-order valence-corrected chi connectivity index (χ4v) is 2.20. The van der Waals surface area contributed by atoms with E-state index in [1.807, 2.05) is 30.3 Å². The summed E-state index contributed by atoms with van der Waals surface area (Å²) in [5, 5.41) is 4.15. The molecule has 0 unspecified atom stereocenters. The van der Waals surface area contributed by atoms with E-state index >= 15 is 0 Å². The van der Waals surface area contributed by atoms with E-state index in [1.165, 1.54) is 4.52 Å². The molecule has 3 aromatic rings. The molecule has 4 heteroatoms. The molecule has 96 valence electrons. The third-order valence-corrected chi connectivity index (χ3v) is 3.23. The van der Waals surface area contributed by atoms with Gasteiger partial charge in [0.2, 0.25) is 0 Å². The van der Waals surface area contributed by atoms with Gasteiger partial charge in [-0.3, -0.25) is 4.79 Å². The van der Waals surface area contributed by atoms with Crippen LogP contribution in [0.25, 0.3) is 16.9 Å². The summed E-state index contributed by atoms with van der Waals surface area (Å²) in [6.07, 6.45) is 1.76. The molecule has 0 atom stereocenters. The van der Waals surface area contributed by atoms with Gasteiger partial charge in [-0.25, -0.2) is 0 Å². The number of aromatic nitrogens is 3. The number of benzene rings is 1. The Bertz CT molecular complexity index is 769. The topological polar surface area (TPSA) is 50.2 Å². The Morgan fingerprint density at radius 3 is 2.63 bits per heavy atom. The van der Waals surface area contributed by atoms with E-state index in [9.17, 15) is 4.79 Å². The third-order valence-electron chi connectivity index (χ3n) is 3.23. The highest BCUT2D eigenvalue weighted by molar-refractivity contribution is 5.62. The smallest absolute Gasteiger partial charge is 0.274 e. The highest BCUT2D eigenvalue weighted by atomic mass is 16.1. The number of fused-ring (bicyclic) bond motifs is 1. The van der Waals surface area contributed by atoms with Crippen LogP contribution in [0.5, 0.6) is 0 Å².